The first-order valence-electron chi connectivity index (χ1n) is 6.32. The molecule has 0 amide bonds. The Morgan fingerprint density at radius 1 is 1.41 bits per heavy atom. The third kappa shape index (κ3) is 3.89. The van der Waals surface area contributed by atoms with Crippen LogP contribution in [-0.4, -0.2) is 16.1 Å². The number of hydrogen-bond acceptors (Lipinski definition) is 4. The minimum absolute atomic E-state index is 0.324. The largest absolute Gasteiger partial charge is 0.309 e. The van der Waals surface area contributed by atoms with Crippen LogP contribution in [0.1, 0.15) is 63.1 Å². The highest BCUT2D eigenvalue weighted by Gasteiger charge is 2.20. The fraction of sp³-hybridized carbons (Fsp3) is 0.692. The maximum Gasteiger partial charge on any atom is 0.0829 e. The quantitative estimate of drug-likeness (QED) is 0.753. The molecule has 0 bridgehead atoms. The molecule has 0 radical (unpaired) electrons. The van der Waals surface area contributed by atoms with Crippen LogP contribution in [-0.2, 0) is 0 Å². The molecule has 1 unspecified atom stereocenters. The Hall–Kier alpha value is -0.740. The molecule has 0 saturated carbocycles. The highest BCUT2D eigenvalue weighted by atomic mass is 32.1. The van der Waals surface area contributed by atoms with E-state index in [-0.39, 0.29) is 0 Å². The van der Waals surface area contributed by atoms with Crippen molar-refractivity contribution in [3.63, 3.8) is 0 Å². The molecule has 1 rings (SSSR count). The molecule has 1 aromatic rings. The Bertz CT molecular complexity index is 357. The summed E-state index contributed by atoms with van der Waals surface area (Å²) in [6, 6.07) is 0.324. The van der Waals surface area contributed by atoms with Gasteiger partial charge in [-0.05, 0) is 36.8 Å². The smallest absolute Gasteiger partial charge is 0.0829 e. The van der Waals surface area contributed by atoms with Crippen LogP contribution < -0.4 is 5.32 Å². The summed E-state index contributed by atoms with van der Waals surface area (Å²) in [5, 5.41) is 7.77. The van der Waals surface area contributed by atoms with Crippen LogP contribution in [0.4, 0.5) is 0 Å². The zero-order chi connectivity index (χ0) is 12.8. The van der Waals surface area contributed by atoms with E-state index in [2.05, 4.69) is 49.2 Å². The molecule has 0 aliphatic heterocycles. The molecule has 96 valence electrons. The lowest BCUT2D eigenvalue weighted by molar-refractivity contribution is 0.542. The Labute approximate surface area is 108 Å². The van der Waals surface area contributed by atoms with Crippen molar-refractivity contribution < 1.29 is 0 Å². The first-order valence-corrected chi connectivity index (χ1v) is 7.09. The highest BCUT2D eigenvalue weighted by molar-refractivity contribution is 7.05. The lowest BCUT2D eigenvalue weighted by atomic mass is 10.00. The first kappa shape index (κ1) is 14.3. The van der Waals surface area contributed by atoms with Crippen molar-refractivity contribution in [2.24, 2.45) is 0 Å². The molecule has 1 heterocycles. The second-order valence-corrected chi connectivity index (χ2v) is 5.38. The summed E-state index contributed by atoms with van der Waals surface area (Å²) in [6.07, 6.45) is 2.01. The number of aromatic nitrogens is 2. The van der Waals surface area contributed by atoms with E-state index < -0.39 is 0 Å². The normalized spacial score (nSPS) is 13.0. The molecule has 1 atom stereocenters. The fourth-order valence-corrected chi connectivity index (χ4v) is 2.66. The zero-order valence-electron chi connectivity index (χ0n) is 11.3. The Morgan fingerprint density at radius 3 is 2.65 bits per heavy atom. The van der Waals surface area contributed by atoms with Crippen molar-refractivity contribution in [1.82, 2.24) is 14.9 Å². The van der Waals surface area contributed by atoms with Crippen molar-refractivity contribution in [2.75, 3.05) is 6.54 Å². The van der Waals surface area contributed by atoms with Crippen LogP contribution in [0.5, 0.6) is 0 Å². The third-order valence-corrected chi connectivity index (χ3v) is 3.70. The van der Waals surface area contributed by atoms with E-state index >= 15 is 0 Å². The number of hydrogen-bond donors (Lipinski definition) is 1. The minimum atomic E-state index is 0.324. The van der Waals surface area contributed by atoms with E-state index in [1.54, 1.807) is 0 Å². The van der Waals surface area contributed by atoms with Gasteiger partial charge in [-0.15, -0.1) is 5.10 Å². The zero-order valence-corrected chi connectivity index (χ0v) is 12.1. The first-order chi connectivity index (χ1) is 8.10. The van der Waals surface area contributed by atoms with Crippen molar-refractivity contribution in [2.45, 2.75) is 52.5 Å². The van der Waals surface area contributed by atoms with Gasteiger partial charge < -0.3 is 5.32 Å². The molecule has 0 aromatic carbocycles. The highest BCUT2D eigenvalue weighted by Crippen LogP contribution is 2.30. The molecule has 17 heavy (non-hydrogen) atoms. The SMILES string of the molecule is C=C(CC)CC(NCC)c1snnc1C(C)C. The molecule has 1 aromatic heterocycles. The monoisotopic (exact) mass is 253 g/mol. The van der Waals surface area contributed by atoms with E-state index in [1.165, 1.54) is 22.0 Å². The minimum Gasteiger partial charge on any atom is -0.309 e. The molecule has 0 aliphatic rings. The maximum atomic E-state index is 4.25. The van der Waals surface area contributed by atoms with Gasteiger partial charge in [-0.1, -0.05) is 44.3 Å². The molecular weight excluding hydrogens is 230 g/mol. The molecule has 0 spiro atoms. The summed E-state index contributed by atoms with van der Waals surface area (Å²) >= 11 is 1.51. The van der Waals surface area contributed by atoms with Gasteiger partial charge in [0.05, 0.1) is 10.6 Å². The molecule has 3 nitrogen and oxygen atoms in total. The average Bonchev–Trinajstić information content (AvgIpc) is 2.77. The van der Waals surface area contributed by atoms with Crippen molar-refractivity contribution >= 4 is 11.5 Å². The van der Waals surface area contributed by atoms with Gasteiger partial charge in [0.2, 0.25) is 0 Å². The van der Waals surface area contributed by atoms with Crippen LogP contribution in [0.2, 0.25) is 0 Å². The summed E-state index contributed by atoms with van der Waals surface area (Å²) in [5.74, 6) is 0.430. The summed E-state index contributed by atoms with van der Waals surface area (Å²) in [6.45, 7) is 13.7. The van der Waals surface area contributed by atoms with Gasteiger partial charge in [0, 0.05) is 6.04 Å². The molecule has 0 aliphatic carbocycles. The van der Waals surface area contributed by atoms with Gasteiger partial charge in [-0.2, -0.15) is 0 Å². The van der Waals surface area contributed by atoms with Crippen LogP contribution in [0, 0.1) is 0 Å². The summed E-state index contributed by atoms with van der Waals surface area (Å²) < 4.78 is 4.10. The summed E-state index contributed by atoms with van der Waals surface area (Å²) in [4.78, 5) is 1.27. The summed E-state index contributed by atoms with van der Waals surface area (Å²) in [7, 11) is 0. The van der Waals surface area contributed by atoms with E-state index in [9.17, 15) is 0 Å². The second kappa shape index (κ2) is 6.87. The Morgan fingerprint density at radius 2 is 2.12 bits per heavy atom. The van der Waals surface area contributed by atoms with Crippen LogP contribution >= 0.6 is 11.5 Å². The van der Waals surface area contributed by atoms with E-state index in [0.29, 0.717) is 12.0 Å². The van der Waals surface area contributed by atoms with Gasteiger partial charge >= 0.3 is 0 Å². The third-order valence-electron chi connectivity index (χ3n) is 2.85. The summed E-state index contributed by atoms with van der Waals surface area (Å²) in [5.41, 5.74) is 2.41. The van der Waals surface area contributed by atoms with Gasteiger partial charge in [-0.3, -0.25) is 0 Å². The van der Waals surface area contributed by atoms with Gasteiger partial charge in [0.1, 0.15) is 0 Å². The number of nitrogens with one attached hydrogen (secondary N) is 1. The molecule has 0 saturated heterocycles. The Balaban J connectivity index is 2.88. The number of rotatable bonds is 7. The maximum absolute atomic E-state index is 4.25. The van der Waals surface area contributed by atoms with Crippen LogP contribution in [0.3, 0.4) is 0 Å². The van der Waals surface area contributed by atoms with Gasteiger partial charge in [0.15, 0.2) is 0 Å². The standard InChI is InChI=1S/C13H23N3S/c1-6-10(5)8-11(14-7-2)13-12(9(3)4)15-16-17-13/h9,11,14H,5-8H2,1-4H3. The van der Waals surface area contributed by atoms with Crippen molar-refractivity contribution in [3.05, 3.63) is 22.7 Å². The molecular formula is C13H23N3S. The van der Waals surface area contributed by atoms with Gasteiger partial charge in [-0.25, -0.2) is 0 Å². The predicted octanol–water partition coefficient (Wildman–Crippen LogP) is 3.67. The second-order valence-electron chi connectivity index (χ2n) is 4.60. The lowest BCUT2D eigenvalue weighted by Crippen LogP contribution is -2.21. The molecule has 0 fully saturated rings. The van der Waals surface area contributed by atoms with Crippen molar-refractivity contribution in [3.8, 4) is 0 Å². The van der Waals surface area contributed by atoms with E-state index in [4.69, 9.17) is 0 Å². The Kier molecular flexibility index (Phi) is 5.78. The molecule has 1 N–H and O–H groups in total. The van der Waals surface area contributed by atoms with Crippen LogP contribution in [0.25, 0.3) is 0 Å². The fourth-order valence-electron chi connectivity index (χ4n) is 1.78. The van der Waals surface area contributed by atoms with Gasteiger partial charge in [0.25, 0.3) is 0 Å². The van der Waals surface area contributed by atoms with E-state index in [0.717, 1.165) is 25.1 Å². The van der Waals surface area contributed by atoms with Crippen LogP contribution in [0.15, 0.2) is 12.2 Å². The van der Waals surface area contributed by atoms with Crippen molar-refractivity contribution in [1.29, 1.82) is 0 Å². The topological polar surface area (TPSA) is 37.8 Å². The lowest BCUT2D eigenvalue weighted by Gasteiger charge is -2.18. The van der Waals surface area contributed by atoms with E-state index in [1.807, 2.05) is 0 Å². The molecule has 4 heteroatoms. The average molecular weight is 253 g/mol. The number of nitrogens with zero attached hydrogens (tertiary/aromatic N) is 2. The predicted molar refractivity (Wildman–Crippen MR) is 74.5 cm³/mol.